The van der Waals surface area contributed by atoms with Crippen molar-refractivity contribution in [3.05, 3.63) is 35.9 Å². The molecule has 0 aliphatic carbocycles. The number of benzene rings is 1. The van der Waals surface area contributed by atoms with Gasteiger partial charge < -0.3 is 0 Å². The Balaban J connectivity index is 2.07. The highest BCUT2D eigenvalue weighted by Gasteiger charge is 2.23. The third kappa shape index (κ3) is 2.00. The molecule has 0 amide bonds. The first-order chi connectivity index (χ1) is 6.88. The molecule has 0 aromatic heterocycles. The van der Waals surface area contributed by atoms with Crippen molar-refractivity contribution >= 4 is 5.78 Å². The normalized spacial score (nSPS) is 21.9. The summed E-state index contributed by atoms with van der Waals surface area (Å²) in [7, 11) is 0. The molecule has 1 aromatic carbocycles. The molecule has 1 fully saturated rings. The Bertz CT molecular complexity index is 302. The summed E-state index contributed by atoms with van der Waals surface area (Å²) in [5, 5.41) is 0. The second-order valence-electron chi connectivity index (χ2n) is 3.32. The molecule has 0 N–H and O–H groups in total. The highest BCUT2D eigenvalue weighted by atomic mass is 17.2. The van der Waals surface area contributed by atoms with Crippen molar-refractivity contribution in [2.24, 2.45) is 5.92 Å². The summed E-state index contributed by atoms with van der Waals surface area (Å²) in [5.41, 5.74) is 0.753. The van der Waals surface area contributed by atoms with Crippen LogP contribution in [0.15, 0.2) is 30.3 Å². The van der Waals surface area contributed by atoms with Gasteiger partial charge in [0.2, 0.25) is 0 Å². The number of Topliss-reactive ketones (excluding diaryl/α,β-unsaturated/α-hetero) is 1. The monoisotopic (exact) mass is 192 g/mol. The summed E-state index contributed by atoms with van der Waals surface area (Å²) in [6.07, 6.45) is 0.744. The van der Waals surface area contributed by atoms with E-state index in [2.05, 4.69) is 0 Å². The quantitative estimate of drug-likeness (QED) is 0.529. The van der Waals surface area contributed by atoms with Gasteiger partial charge in [0.25, 0.3) is 0 Å². The third-order valence-electron chi connectivity index (χ3n) is 2.33. The summed E-state index contributed by atoms with van der Waals surface area (Å²) in [6.45, 7) is 0.872. The van der Waals surface area contributed by atoms with Crippen molar-refractivity contribution in [2.75, 3.05) is 13.2 Å². The van der Waals surface area contributed by atoms with Crippen LogP contribution in [0.3, 0.4) is 0 Å². The van der Waals surface area contributed by atoms with Gasteiger partial charge in [-0.2, -0.15) is 0 Å². The molecule has 2 rings (SSSR count). The fraction of sp³-hybridized carbons (Fsp3) is 0.364. The lowest BCUT2D eigenvalue weighted by atomic mass is 9.95. The summed E-state index contributed by atoms with van der Waals surface area (Å²) in [4.78, 5) is 21.4. The van der Waals surface area contributed by atoms with Gasteiger partial charge in [-0.15, -0.1) is 0 Å². The first kappa shape index (κ1) is 9.37. The third-order valence-corrected chi connectivity index (χ3v) is 2.33. The van der Waals surface area contributed by atoms with Gasteiger partial charge in [0, 0.05) is 5.56 Å². The van der Waals surface area contributed by atoms with E-state index in [0.717, 1.165) is 12.0 Å². The summed E-state index contributed by atoms with van der Waals surface area (Å²) >= 11 is 0. The summed E-state index contributed by atoms with van der Waals surface area (Å²) in [5.74, 6) is 0.0973. The summed E-state index contributed by atoms with van der Waals surface area (Å²) in [6, 6.07) is 9.30. The maximum atomic E-state index is 11.9. The lowest BCUT2D eigenvalue weighted by molar-refractivity contribution is -0.319. The van der Waals surface area contributed by atoms with Crippen LogP contribution in [0.5, 0.6) is 0 Å². The zero-order valence-electron chi connectivity index (χ0n) is 7.81. The van der Waals surface area contributed by atoms with E-state index in [9.17, 15) is 4.79 Å². The van der Waals surface area contributed by atoms with Crippen LogP contribution in [0.25, 0.3) is 0 Å². The van der Waals surface area contributed by atoms with Crippen molar-refractivity contribution in [3.8, 4) is 0 Å². The number of rotatable bonds is 2. The van der Waals surface area contributed by atoms with Crippen LogP contribution in [0.4, 0.5) is 0 Å². The lowest BCUT2D eigenvalue weighted by Gasteiger charge is -2.19. The van der Waals surface area contributed by atoms with Crippen LogP contribution in [-0.4, -0.2) is 19.0 Å². The van der Waals surface area contributed by atoms with Crippen LogP contribution in [-0.2, 0) is 9.78 Å². The highest BCUT2D eigenvalue weighted by Crippen LogP contribution is 2.16. The molecule has 74 valence electrons. The van der Waals surface area contributed by atoms with E-state index in [0.29, 0.717) is 13.2 Å². The Labute approximate surface area is 82.6 Å². The molecule has 0 saturated carbocycles. The van der Waals surface area contributed by atoms with E-state index in [1.165, 1.54) is 0 Å². The minimum atomic E-state index is -0.0499. The van der Waals surface area contributed by atoms with Gasteiger partial charge >= 0.3 is 0 Å². The van der Waals surface area contributed by atoms with Gasteiger partial charge in [0.05, 0.1) is 19.1 Å². The van der Waals surface area contributed by atoms with Crippen molar-refractivity contribution in [1.82, 2.24) is 0 Å². The fourth-order valence-corrected chi connectivity index (χ4v) is 1.51. The second kappa shape index (κ2) is 4.35. The zero-order chi connectivity index (χ0) is 9.80. The minimum absolute atomic E-state index is 0.0499. The fourth-order valence-electron chi connectivity index (χ4n) is 1.51. The van der Waals surface area contributed by atoms with E-state index in [4.69, 9.17) is 9.78 Å². The van der Waals surface area contributed by atoms with Gasteiger partial charge in [-0.1, -0.05) is 30.3 Å². The van der Waals surface area contributed by atoms with Crippen molar-refractivity contribution in [3.63, 3.8) is 0 Å². The molecule has 0 bridgehead atoms. The molecule has 3 heteroatoms. The topological polar surface area (TPSA) is 35.5 Å². The predicted molar refractivity (Wildman–Crippen MR) is 50.8 cm³/mol. The van der Waals surface area contributed by atoms with Gasteiger partial charge in [-0.3, -0.25) is 4.79 Å². The van der Waals surface area contributed by atoms with Crippen LogP contribution >= 0.6 is 0 Å². The SMILES string of the molecule is O=C(c1ccccc1)C1CCOOC1. The molecule has 1 atom stereocenters. The molecule has 1 aliphatic heterocycles. The standard InChI is InChI=1S/C11H12O3/c12-11(9-4-2-1-3-5-9)10-6-7-13-14-8-10/h1-5,10H,6-8H2. The van der Waals surface area contributed by atoms with Crippen molar-refractivity contribution in [1.29, 1.82) is 0 Å². The predicted octanol–water partition coefficient (Wildman–Crippen LogP) is 1.84. The van der Waals surface area contributed by atoms with Gasteiger partial charge in [-0.25, -0.2) is 9.78 Å². The van der Waals surface area contributed by atoms with Crippen LogP contribution < -0.4 is 0 Å². The molecule has 0 spiro atoms. The van der Waals surface area contributed by atoms with E-state index < -0.39 is 0 Å². The average molecular weight is 192 g/mol. The lowest BCUT2D eigenvalue weighted by Crippen LogP contribution is -2.26. The van der Waals surface area contributed by atoms with Gasteiger partial charge in [0.15, 0.2) is 5.78 Å². The van der Waals surface area contributed by atoms with Crippen LogP contribution in [0.1, 0.15) is 16.8 Å². The Hall–Kier alpha value is -1.19. The van der Waals surface area contributed by atoms with E-state index in [-0.39, 0.29) is 11.7 Å². The van der Waals surface area contributed by atoms with Crippen molar-refractivity contribution < 1.29 is 14.6 Å². The molecule has 14 heavy (non-hydrogen) atoms. The maximum Gasteiger partial charge on any atom is 0.168 e. The minimum Gasteiger partial charge on any atom is -0.294 e. The summed E-state index contributed by atoms with van der Waals surface area (Å²) < 4.78 is 0. The molecular weight excluding hydrogens is 180 g/mol. The number of carbonyl (C=O) groups is 1. The van der Waals surface area contributed by atoms with E-state index >= 15 is 0 Å². The van der Waals surface area contributed by atoms with E-state index in [1.54, 1.807) is 0 Å². The Kier molecular flexibility index (Phi) is 2.91. The van der Waals surface area contributed by atoms with Crippen LogP contribution in [0, 0.1) is 5.92 Å². The smallest absolute Gasteiger partial charge is 0.168 e. The molecule has 1 saturated heterocycles. The number of carbonyl (C=O) groups excluding carboxylic acids is 1. The molecular formula is C11H12O3. The average Bonchev–Trinajstić information content (AvgIpc) is 2.30. The molecule has 1 unspecified atom stereocenters. The first-order valence-electron chi connectivity index (χ1n) is 4.71. The Morgan fingerprint density at radius 1 is 1.21 bits per heavy atom. The largest absolute Gasteiger partial charge is 0.294 e. The Morgan fingerprint density at radius 2 is 2.00 bits per heavy atom. The van der Waals surface area contributed by atoms with Gasteiger partial charge in [-0.05, 0) is 6.42 Å². The molecule has 0 radical (unpaired) electrons. The first-order valence-corrected chi connectivity index (χ1v) is 4.71. The number of ketones is 1. The van der Waals surface area contributed by atoms with Crippen molar-refractivity contribution in [2.45, 2.75) is 6.42 Å². The molecule has 1 heterocycles. The molecule has 3 nitrogen and oxygen atoms in total. The number of hydrogen-bond acceptors (Lipinski definition) is 3. The highest BCUT2D eigenvalue weighted by molar-refractivity contribution is 5.97. The molecule has 1 aromatic rings. The maximum absolute atomic E-state index is 11.9. The van der Waals surface area contributed by atoms with Crippen LogP contribution in [0.2, 0.25) is 0 Å². The second-order valence-corrected chi connectivity index (χ2v) is 3.32. The van der Waals surface area contributed by atoms with Gasteiger partial charge in [0.1, 0.15) is 0 Å². The van der Waals surface area contributed by atoms with E-state index in [1.807, 2.05) is 30.3 Å². The zero-order valence-corrected chi connectivity index (χ0v) is 7.81. The molecule has 1 aliphatic rings. The Morgan fingerprint density at radius 3 is 2.64 bits per heavy atom. The number of hydrogen-bond donors (Lipinski definition) is 0.